The van der Waals surface area contributed by atoms with Crippen molar-refractivity contribution in [3.8, 4) is 0 Å². The number of nitrogens with one attached hydrogen (secondary N) is 1. The molecule has 1 aliphatic heterocycles. The maximum atomic E-state index is 12.9. The lowest BCUT2D eigenvalue weighted by molar-refractivity contribution is 0.0761. The standard InChI is InChI=1S/C22H23N3O2S/c1-15-10-11-16(22(27)25-12-6-2-3-7-13-25)14-18(15)23-21(26)20-17-8-4-5-9-19(17)28-24-20/h4-5,8-11,14H,2-3,6-7,12-13H2,1H3,(H,23,26). The van der Waals surface area contributed by atoms with Crippen LogP contribution in [0.4, 0.5) is 5.69 Å². The monoisotopic (exact) mass is 393 g/mol. The largest absolute Gasteiger partial charge is 0.339 e. The lowest BCUT2D eigenvalue weighted by Crippen LogP contribution is -2.31. The fourth-order valence-electron chi connectivity index (χ4n) is 3.58. The summed E-state index contributed by atoms with van der Waals surface area (Å²) >= 11 is 1.31. The summed E-state index contributed by atoms with van der Waals surface area (Å²) < 4.78 is 5.30. The number of carbonyl (C=O) groups is 2. The van der Waals surface area contributed by atoms with Gasteiger partial charge in [0.05, 0.1) is 4.70 Å². The first kappa shape index (κ1) is 18.6. The van der Waals surface area contributed by atoms with E-state index in [0.717, 1.165) is 41.6 Å². The number of hydrogen-bond donors (Lipinski definition) is 1. The van der Waals surface area contributed by atoms with Crippen molar-refractivity contribution >= 4 is 39.1 Å². The second-order valence-electron chi connectivity index (χ2n) is 7.22. The molecule has 0 atom stereocenters. The summed E-state index contributed by atoms with van der Waals surface area (Å²) in [6.45, 7) is 3.54. The van der Waals surface area contributed by atoms with Crippen LogP contribution in [-0.2, 0) is 0 Å². The quantitative estimate of drug-likeness (QED) is 0.690. The lowest BCUT2D eigenvalue weighted by Gasteiger charge is -2.21. The summed E-state index contributed by atoms with van der Waals surface area (Å²) in [5.74, 6) is -0.212. The summed E-state index contributed by atoms with van der Waals surface area (Å²) in [5, 5.41) is 3.80. The van der Waals surface area contributed by atoms with Gasteiger partial charge in [0.1, 0.15) is 5.69 Å². The van der Waals surface area contributed by atoms with E-state index in [9.17, 15) is 9.59 Å². The minimum absolute atomic E-state index is 0.0384. The minimum atomic E-state index is -0.250. The SMILES string of the molecule is Cc1ccc(C(=O)N2CCCCCC2)cc1NC(=O)c1nsc2ccccc12. The van der Waals surface area contributed by atoms with Gasteiger partial charge in [0.25, 0.3) is 11.8 Å². The summed E-state index contributed by atoms with van der Waals surface area (Å²) in [4.78, 5) is 27.6. The predicted molar refractivity (Wildman–Crippen MR) is 113 cm³/mol. The molecule has 4 rings (SSSR count). The minimum Gasteiger partial charge on any atom is -0.339 e. The van der Waals surface area contributed by atoms with E-state index in [1.165, 1.54) is 24.4 Å². The number of benzene rings is 2. The van der Waals surface area contributed by atoms with Crippen LogP contribution in [0.25, 0.3) is 10.1 Å². The second-order valence-corrected chi connectivity index (χ2v) is 8.02. The smallest absolute Gasteiger partial charge is 0.276 e. The predicted octanol–water partition coefficient (Wildman–Crippen LogP) is 4.87. The van der Waals surface area contributed by atoms with Crippen molar-refractivity contribution in [2.24, 2.45) is 0 Å². The molecule has 2 heterocycles. The number of nitrogens with zero attached hydrogens (tertiary/aromatic N) is 2. The van der Waals surface area contributed by atoms with Crippen LogP contribution in [0.1, 0.15) is 52.1 Å². The van der Waals surface area contributed by atoms with Crippen LogP contribution >= 0.6 is 11.5 Å². The Morgan fingerprint density at radius 1 is 1.04 bits per heavy atom. The number of aromatic nitrogens is 1. The third-order valence-electron chi connectivity index (χ3n) is 5.22. The highest BCUT2D eigenvalue weighted by atomic mass is 32.1. The lowest BCUT2D eigenvalue weighted by atomic mass is 10.1. The zero-order valence-corrected chi connectivity index (χ0v) is 16.7. The molecule has 0 saturated carbocycles. The van der Waals surface area contributed by atoms with Crippen LogP contribution in [0.3, 0.4) is 0 Å². The number of carbonyl (C=O) groups excluding carboxylic acids is 2. The second kappa shape index (κ2) is 8.10. The summed E-state index contributed by atoms with van der Waals surface area (Å²) in [6.07, 6.45) is 4.47. The number of fused-ring (bicyclic) bond motifs is 1. The zero-order chi connectivity index (χ0) is 19.5. The average molecular weight is 394 g/mol. The van der Waals surface area contributed by atoms with Gasteiger partial charge in [-0.2, -0.15) is 4.37 Å². The van der Waals surface area contributed by atoms with Crippen LogP contribution < -0.4 is 5.32 Å². The molecule has 1 fully saturated rings. The number of rotatable bonds is 3. The molecule has 0 unspecified atom stereocenters. The van der Waals surface area contributed by atoms with Crippen molar-refractivity contribution in [3.05, 3.63) is 59.3 Å². The average Bonchev–Trinajstić information content (AvgIpc) is 2.95. The van der Waals surface area contributed by atoms with Gasteiger partial charge in [-0.3, -0.25) is 9.59 Å². The Balaban J connectivity index is 1.57. The van der Waals surface area contributed by atoms with E-state index in [4.69, 9.17) is 0 Å². The number of likely N-dealkylation sites (tertiary alicyclic amines) is 1. The molecule has 1 aromatic heterocycles. The normalized spacial score (nSPS) is 14.7. The molecule has 5 nitrogen and oxygen atoms in total. The number of hydrogen-bond acceptors (Lipinski definition) is 4. The van der Waals surface area contributed by atoms with E-state index in [-0.39, 0.29) is 11.8 Å². The van der Waals surface area contributed by atoms with E-state index in [0.29, 0.717) is 16.9 Å². The van der Waals surface area contributed by atoms with Crippen LogP contribution in [0.2, 0.25) is 0 Å². The highest BCUT2D eigenvalue weighted by molar-refractivity contribution is 7.13. The molecule has 2 amide bonds. The van der Waals surface area contributed by atoms with Crippen molar-refractivity contribution in [1.82, 2.24) is 9.27 Å². The Labute approximate surface area is 168 Å². The molecule has 1 N–H and O–H groups in total. The Morgan fingerprint density at radius 2 is 1.79 bits per heavy atom. The molecule has 0 spiro atoms. The highest BCUT2D eigenvalue weighted by Crippen LogP contribution is 2.25. The van der Waals surface area contributed by atoms with Crippen LogP contribution in [0, 0.1) is 6.92 Å². The fourth-order valence-corrected chi connectivity index (χ4v) is 4.35. The van der Waals surface area contributed by atoms with E-state index < -0.39 is 0 Å². The topological polar surface area (TPSA) is 62.3 Å². The van der Waals surface area contributed by atoms with Crippen LogP contribution in [0.15, 0.2) is 42.5 Å². The maximum absolute atomic E-state index is 12.9. The Bertz CT molecular complexity index is 1020. The van der Waals surface area contributed by atoms with Gasteiger partial charge in [-0.25, -0.2) is 0 Å². The van der Waals surface area contributed by atoms with Gasteiger partial charge in [-0.05, 0) is 55.1 Å². The number of aryl methyl sites for hydroxylation is 1. The van der Waals surface area contributed by atoms with Gasteiger partial charge in [0.15, 0.2) is 0 Å². The fraction of sp³-hybridized carbons (Fsp3) is 0.318. The molecule has 144 valence electrons. The molecule has 0 radical (unpaired) electrons. The van der Waals surface area contributed by atoms with Crippen molar-refractivity contribution in [3.63, 3.8) is 0 Å². The first-order valence-electron chi connectivity index (χ1n) is 9.69. The molecule has 0 aliphatic carbocycles. The Hall–Kier alpha value is -2.73. The third kappa shape index (κ3) is 3.78. The first-order chi connectivity index (χ1) is 13.6. The molecule has 28 heavy (non-hydrogen) atoms. The van der Waals surface area contributed by atoms with Gasteiger partial charge in [-0.15, -0.1) is 0 Å². The summed E-state index contributed by atoms with van der Waals surface area (Å²) in [5.41, 5.74) is 2.61. The van der Waals surface area contributed by atoms with Gasteiger partial charge in [0, 0.05) is 29.7 Å². The van der Waals surface area contributed by atoms with Crippen LogP contribution in [0.5, 0.6) is 0 Å². The third-order valence-corrected chi connectivity index (χ3v) is 6.05. The van der Waals surface area contributed by atoms with Gasteiger partial charge < -0.3 is 10.2 Å². The van der Waals surface area contributed by atoms with Gasteiger partial charge in [-0.1, -0.05) is 37.1 Å². The van der Waals surface area contributed by atoms with Crippen molar-refractivity contribution in [2.75, 3.05) is 18.4 Å². The van der Waals surface area contributed by atoms with Crippen molar-refractivity contribution in [2.45, 2.75) is 32.6 Å². The molecule has 0 bridgehead atoms. The molecule has 6 heteroatoms. The van der Waals surface area contributed by atoms with E-state index in [2.05, 4.69) is 9.69 Å². The number of anilines is 1. The van der Waals surface area contributed by atoms with E-state index >= 15 is 0 Å². The van der Waals surface area contributed by atoms with Crippen molar-refractivity contribution < 1.29 is 9.59 Å². The van der Waals surface area contributed by atoms with E-state index in [1.807, 2.05) is 48.2 Å². The Kier molecular flexibility index (Phi) is 5.39. The van der Waals surface area contributed by atoms with Crippen LogP contribution in [-0.4, -0.2) is 34.2 Å². The number of amides is 2. The zero-order valence-electron chi connectivity index (χ0n) is 15.9. The highest BCUT2D eigenvalue weighted by Gasteiger charge is 2.19. The van der Waals surface area contributed by atoms with Gasteiger partial charge >= 0.3 is 0 Å². The maximum Gasteiger partial charge on any atom is 0.276 e. The first-order valence-corrected chi connectivity index (χ1v) is 10.5. The van der Waals surface area contributed by atoms with E-state index in [1.54, 1.807) is 6.07 Å². The molecule has 2 aromatic carbocycles. The molecule has 1 aliphatic rings. The summed E-state index contributed by atoms with van der Waals surface area (Å²) in [6, 6.07) is 13.2. The van der Waals surface area contributed by atoms with Crippen molar-refractivity contribution in [1.29, 1.82) is 0 Å². The molecule has 3 aromatic rings. The molecule has 1 saturated heterocycles. The summed E-state index contributed by atoms with van der Waals surface area (Å²) in [7, 11) is 0. The molecular weight excluding hydrogens is 370 g/mol. The van der Waals surface area contributed by atoms with Gasteiger partial charge in [0.2, 0.25) is 0 Å². The molecular formula is C22H23N3O2S. The Morgan fingerprint density at radius 3 is 2.57 bits per heavy atom.